The molecule has 0 fully saturated rings. The van der Waals surface area contributed by atoms with Crippen molar-refractivity contribution in [2.24, 2.45) is 5.73 Å². The first-order valence-corrected chi connectivity index (χ1v) is 8.22. The van der Waals surface area contributed by atoms with Gasteiger partial charge in [0.25, 0.3) is 0 Å². The number of hydrogen-bond donors (Lipinski definition) is 2. The third kappa shape index (κ3) is 3.42. The molecule has 0 bridgehead atoms. The first-order valence-electron chi connectivity index (χ1n) is 8.22. The van der Waals surface area contributed by atoms with Crippen molar-refractivity contribution in [2.75, 3.05) is 11.9 Å². The van der Waals surface area contributed by atoms with E-state index >= 15 is 0 Å². The Morgan fingerprint density at radius 2 is 2.17 bits per heavy atom. The summed E-state index contributed by atoms with van der Waals surface area (Å²) >= 11 is 0. The first kappa shape index (κ1) is 15.7. The Kier molecular flexibility index (Phi) is 4.71. The minimum absolute atomic E-state index is 0.0622. The van der Waals surface area contributed by atoms with Gasteiger partial charge in [0.1, 0.15) is 5.82 Å². The molecule has 1 amide bonds. The second kappa shape index (κ2) is 6.91. The number of anilines is 1. The Morgan fingerprint density at radius 3 is 3.00 bits per heavy atom. The standard InChI is InChI=1S/C17H23N5O/c1-12-6-7-13(11-14(12)19-16(23)8-9-18)17-21-20-15-5-3-2-4-10-22(15)17/h6-7,11H,2-5,8-10,18H2,1H3,(H,19,23). The van der Waals surface area contributed by atoms with Gasteiger partial charge in [-0.15, -0.1) is 10.2 Å². The van der Waals surface area contributed by atoms with Crippen molar-refractivity contribution in [3.63, 3.8) is 0 Å². The van der Waals surface area contributed by atoms with Crippen LogP contribution in [-0.4, -0.2) is 27.2 Å². The lowest BCUT2D eigenvalue weighted by Gasteiger charge is -2.11. The number of amides is 1. The lowest BCUT2D eigenvalue weighted by atomic mass is 10.1. The molecule has 6 heteroatoms. The maximum atomic E-state index is 11.8. The molecule has 0 aliphatic carbocycles. The number of rotatable bonds is 4. The summed E-state index contributed by atoms with van der Waals surface area (Å²) in [5, 5.41) is 11.7. The van der Waals surface area contributed by atoms with Crippen molar-refractivity contribution in [3.8, 4) is 11.4 Å². The highest BCUT2D eigenvalue weighted by atomic mass is 16.1. The second-order valence-corrected chi connectivity index (χ2v) is 6.02. The van der Waals surface area contributed by atoms with E-state index in [1.54, 1.807) is 0 Å². The summed E-state index contributed by atoms with van der Waals surface area (Å²) in [7, 11) is 0. The molecule has 0 saturated carbocycles. The summed E-state index contributed by atoms with van der Waals surface area (Å²) in [4.78, 5) is 11.8. The SMILES string of the molecule is Cc1ccc(-c2nnc3n2CCCCC3)cc1NC(=O)CCN. The monoisotopic (exact) mass is 313 g/mol. The number of nitrogens with zero attached hydrogens (tertiary/aromatic N) is 3. The molecule has 3 N–H and O–H groups in total. The van der Waals surface area contributed by atoms with Crippen LogP contribution in [0.3, 0.4) is 0 Å². The highest BCUT2D eigenvalue weighted by molar-refractivity contribution is 5.92. The van der Waals surface area contributed by atoms with Gasteiger partial charge in [-0.3, -0.25) is 4.79 Å². The van der Waals surface area contributed by atoms with Crippen molar-refractivity contribution in [2.45, 2.75) is 45.6 Å². The minimum Gasteiger partial charge on any atom is -0.330 e. The molecule has 2 aromatic rings. The predicted octanol–water partition coefficient (Wildman–Crippen LogP) is 2.27. The van der Waals surface area contributed by atoms with Crippen molar-refractivity contribution >= 4 is 11.6 Å². The molecule has 122 valence electrons. The quantitative estimate of drug-likeness (QED) is 0.906. The molecular weight excluding hydrogens is 290 g/mol. The van der Waals surface area contributed by atoms with Gasteiger partial charge in [0.15, 0.2) is 5.82 Å². The van der Waals surface area contributed by atoms with E-state index in [0.29, 0.717) is 13.0 Å². The summed E-state index contributed by atoms with van der Waals surface area (Å²) in [6.07, 6.45) is 4.87. The zero-order valence-corrected chi connectivity index (χ0v) is 13.5. The largest absolute Gasteiger partial charge is 0.330 e. The first-order chi connectivity index (χ1) is 11.2. The molecule has 6 nitrogen and oxygen atoms in total. The van der Waals surface area contributed by atoms with Gasteiger partial charge >= 0.3 is 0 Å². The van der Waals surface area contributed by atoms with Crippen LogP contribution in [0.5, 0.6) is 0 Å². The van der Waals surface area contributed by atoms with E-state index in [1.807, 2.05) is 25.1 Å². The molecule has 0 saturated heterocycles. The van der Waals surface area contributed by atoms with Crippen molar-refractivity contribution in [1.29, 1.82) is 0 Å². The van der Waals surface area contributed by atoms with Crippen molar-refractivity contribution < 1.29 is 4.79 Å². The summed E-state index contributed by atoms with van der Waals surface area (Å²) in [6, 6.07) is 6.02. The van der Waals surface area contributed by atoms with E-state index in [9.17, 15) is 4.79 Å². The van der Waals surface area contributed by atoms with E-state index in [-0.39, 0.29) is 5.91 Å². The number of nitrogens with two attached hydrogens (primary N) is 1. The maximum absolute atomic E-state index is 11.8. The van der Waals surface area contributed by atoms with Crippen LogP contribution in [0, 0.1) is 6.92 Å². The van der Waals surface area contributed by atoms with Gasteiger partial charge in [0, 0.05) is 37.2 Å². The zero-order chi connectivity index (χ0) is 16.2. The number of benzene rings is 1. The van der Waals surface area contributed by atoms with Crippen LogP contribution in [0.2, 0.25) is 0 Å². The van der Waals surface area contributed by atoms with Crippen LogP contribution in [0.15, 0.2) is 18.2 Å². The van der Waals surface area contributed by atoms with E-state index in [0.717, 1.165) is 47.8 Å². The number of nitrogens with one attached hydrogen (secondary N) is 1. The molecule has 3 rings (SSSR count). The van der Waals surface area contributed by atoms with Gasteiger partial charge in [-0.25, -0.2) is 0 Å². The minimum atomic E-state index is -0.0622. The normalized spacial score (nSPS) is 14.2. The lowest BCUT2D eigenvalue weighted by Crippen LogP contribution is -2.16. The van der Waals surface area contributed by atoms with E-state index in [2.05, 4.69) is 20.1 Å². The Morgan fingerprint density at radius 1 is 1.30 bits per heavy atom. The second-order valence-electron chi connectivity index (χ2n) is 6.02. The topological polar surface area (TPSA) is 85.8 Å². The summed E-state index contributed by atoms with van der Waals surface area (Å²) < 4.78 is 2.21. The van der Waals surface area contributed by atoms with Gasteiger partial charge < -0.3 is 15.6 Å². The number of aromatic nitrogens is 3. The molecule has 23 heavy (non-hydrogen) atoms. The zero-order valence-electron chi connectivity index (χ0n) is 13.5. The van der Waals surface area contributed by atoms with E-state index in [4.69, 9.17) is 5.73 Å². The fourth-order valence-corrected chi connectivity index (χ4v) is 2.94. The van der Waals surface area contributed by atoms with Crippen LogP contribution < -0.4 is 11.1 Å². The summed E-state index contributed by atoms with van der Waals surface area (Å²) in [6.45, 7) is 3.29. The van der Waals surface area contributed by atoms with Crippen molar-refractivity contribution in [1.82, 2.24) is 14.8 Å². The Labute approximate surface area is 136 Å². The predicted molar refractivity (Wildman–Crippen MR) is 90.1 cm³/mol. The number of aryl methyl sites for hydroxylation is 2. The van der Waals surface area contributed by atoms with Crippen LogP contribution in [0.25, 0.3) is 11.4 Å². The average molecular weight is 313 g/mol. The Hall–Kier alpha value is -2.21. The van der Waals surface area contributed by atoms with Gasteiger partial charge in [-0.1, -0.05) is 18.6 Å². The number of hydrogen-bond acceptors (Lipinski definition) is 4. The van der Waals surface area contributed by atoms with Crippen LogP contribution in [0.4, 0.5) is 5.69 Å². The number of carbonyl (C=O) groups excluding carboxylic acids is 1. The van der Waals surface area contributed by atoms with Gasteiger partial charge in [-0.2, -0.15) is 0 Å². The Bertz CT molecular complexity index is 707. The maximum Gasteiger partial charge on any atom is 0.225 e. The summed E-state index contributed by atoms with van der Waals surface area (Å²) in [5.41, 5.74) is 8.26. The average Bonchev–Trinajstić information content (AvgIpc) is 2.78. The third-order valence-electron chi connectivity index (χ3n) is 4.25. The number of carbonyl (C=O) groups is 1. The molecule has 1 aromatic heterocycles. The molecule has 0 spiro atoms. The van der Waals surface area contributed by atoms with Crippen LogP contribution in [0.1, 0.15) is 37.1 Å². The van der Waals surface area contributed by atoms with Crippen molar-refractivity contribution in [3.05, 3.63) is 29.6 Å². The molecule has 0 unspecified atom stereocenters. The molecule has 1 aliphatic heterocycles. The van der Waals surface area contributed by atoms with Gasteiger partial charge in [0.05, 0.1) is 0 Å². The number of fused-ring (bicyclic) bond motifs is 1. The molecular formula is C17H23N5O. The van der Waals surface area contributed by atoms with Crippen LogP contribution in [-0.2, 0) is 17.8 Å². The van der Waals surface area contributed by atoms with E-state index in [1.165, 1.54) is 12.8 Å². The molecule has 0 atom stereocenters. The van der Waals surface area contributed by atoms with Crippen LogP contribution >= 0.6 is 0 Å². The third-order valence-corrected chi connectivity index (χ3v) is 4.25. The highest BCUT2D eigenvalue weighted by Gasteiger charge is 2.17. The molecule has 0 radical (unpaired) electrons. The summed E-state index contributed by atoms with van der Waals surface area (Å²) in [5.74, 6) is 1.89. The van der Waals surface area contributed by atoms with Gasteiger partial charge in [0.2, 0.25) is 5.91 Å². The molecule has 2 heterocycles. The molecule has 1 aromatic carbocycles. The lowest BCUT2D eigenvalue weighted by molar-refractivity contribution is -0.116. The van der Waals surface area contributed by atoms with Gasteiger partial charge in [-0.05, 0) is 31.4 Å². The fraction of sp³-hybridized carbons (Fsp3) is 0.471. The highest BCUT2D eigenvalue weighted by Crippen LogP contribution is 2.26. The Balaban J connectivity index is 1.92. The fourth-order valence-electron chi connectivity index (χ4n) is 2.94. The smallest absolute Gasteiger partial charge is 0.225 e. The van der Waals surface area contributed by atoms with E-state index < -0.39 is 0 Å². The molecule has 1 aliphatic rings.